The first-order valence-electron chi connectivity index (χ1n) is 5.65. The van der Waals surface area contributed by atoms with Crippen molar-refractivity contribution >= 4 is 11.9 Å². The number of urea groups is 1. The van der Waals surface area contributed by atoms with Gasteiger partial charge in [0.2, 0.25) is 5.91 Å². The maximum Gasteiger partial charge on any atom is 0.329 e. The van der Waals surface area contributed by atoms with E-state index in [4.69, 9.17) is 11.5 Å². The molecule has 1 heterocycles. The average Bonchev–Trinajstić information content (AvgIpc) is 2.95. The van der Waals surface area contributed by atoms with Crippen LogP contribution >= 0.6 is 0 Å². The molecule has 6 nitrogen and oxygen atoms in total. The van der Waals surface area contributed by atoms with Crippen molar-refractivity contribution in [2.75, 3.05) is 13.1 Å². The van der Waals surface area contributed by atoms with Gasteiger partial charge in [0.25, 0.3) is 0 Å². The van der Waals surface area contributed by atoms with Crippen LogP contribution in [0.4, 0.5) is 4.79 Å². The lowest BCUT2D eigenvalue weighted by Gasteiger charge is -2.44. The Hall–Kier alpha value is -1.14. The first-order chi connectivity index (χ1) is 7.45. The minimum Gasteiger partial charge on any atom is -0.296 e. The summed E-state index contributed by atoms with van der Waals surface area (Å²) >= 11 is 0. The van der Waals surface area contributed by atoms with Crippen LogP contribution in [0.1, 0.15) is 26.2 Å². The van der Waals surface area contributed by atoms with E-state index >= 15 is 0 Å². The Bertz CT molecular complexity index is 325. The molecule has 6 heteroatoms. The summed E-state index contributed by atoms with van der Waals surface area (Å²) in [6.45, 7) is 2.74. The zero-order valence-corrected chi connectivity index (χ0v) is 9.48. The molecule has 2 rings (SSSR count). The van der Waals surface area contributed by atoms with Crippen LogP contribution in [0.15, 0.2) is 0 Å². The Morgan fingerprint density at radius 1 is 1.38 bits per heavy atom. The van der Waals surface area contributed by atoms with Crippen molar-refractivity contribution in [1.82, 2.24) is 9.80 Å². The van der Waals surface area contributed by atoms with Crippen LogP contribution in [0.25, 0.3) is 0 Å². The summed E-state index contributed by atoms with van der Waals surface area (Å²) in [7, 11) is 0. The van der Waals surface area contributed by atoms with Crippen LogP contribution in [0.5, 0.6) is 0 Å². The molecule has 1 aliphatic carbocycles. The van der Waals surface area contributed by atoms with E-state index in [0.717, 1.165) is 12.8 Å². The summed E-state index contributed by atoms with van der Waals surface area (Å²) in [5.41, 5.74) is 11.5. The van der Waals surface area contributed by atoms with Gasteiger partial charge < -0.3 is 0 Å². The van der Waals surface area contributed by atoms with Gasteiger partial charge in [0, 0.05) is 13.1 Å². The zero-order chi connectivity index (χ0) is 11.9. The van der Waals surface area contributed by atoms with Gasteiger partial charge in [-0.3, -0.25) is 26.1 Å². The molecular formula is C10H18N4O2. The first-order valence-corrected chi connectivity index (χ1v) is 5.65. The van der Waals surface area contributed by atoms with E-state index in [1.807, 2.05) is 0 Å². The highest BCUT2D eigenvalue weighted by Gasteiger charge is 2.45. The van der Waals surface area contributed by atoms with Gasteiger partial charge in [0.15, 0.2) is 5.79 Å². The third-order valence-electron chi connectivity index (χ3n) is 3.15. The molecule has 0 aromatic heterocycles. The van der Waals surface area contributed by atoms with Crippen molar-refractivity contribution in [2.45, 2.75) is 32.0 Å². The Kier molecular flexibility index (Phi) is 2.63. The van der Waals surface area contributed by atoms with Gasteiger partial charge in [-0.15, -0.1) is 0 Å². The third-order valence-corrected chi connectivity index (χ3v) is 3.15. The van der Waals surface area contributed by atoms with E-state index in [1.165, 1.54) is 9.80 Å². The number of hydrogen-bond acceptors (Lipinski definition) is 4. The fraction of sp³-hybridized carbons (Fsp3) is 0.800. The first kappa shape index (κ1) is 11.3. The molecule has 0 aromatic rings. The molecule has 3 amide bonds. The Labute approximate surface area is 94.5 Å². The van der Waals surface area contributed by atoms with Crippen molar-refractivity contribution in [3.63, 3.8) is 0 Å². The van der Waals surface area contributed by atoms with Crippen molar-refractivity contribution in [3.05, 3.63) is 0 Å². The van der Waals surface area contributed by atoms with Crippen molar-refractivity contribution < 1.29 is 9.59 Å². The predicted molar refractivity (Wildman–Crippen MR) is 57.9 cm³/mol. The third kappa shape index (κ3) is 1.90. The molecule has 1 aliphatic heterocycles. The minimum atomic E-state index is -1.33. The monoisotopic (exact) mass is 226 g/mol. The summed E-state index contributed by atoms with van der Waals surface area (Å²) in [4.78, 5) is 26.4. The van der Waals surface area contributed by atoms with Crippen molar-refractivity contribution in [3.8, 4) is 0 Å². The molecule has 0 bridgehead atoms. The van der Waals surface area contributed by atoms with Crippen molar-refractivity contribution in [1.29, 1.82) is 0 Å². The van der Waals surface area contributed by atoms with Gasteiger partial charge >= 0.3 is 6.03 Å². The smallest absolute Gasteiger partial charge is 0.296 e. The van der Waals surface area contributed by atoms with Gasteiger partial charge in [0.05, 0.1) is 6.42 Å². The summed E-state index contributed by atoms with van der Waals surface area (Å²) in [5, 5.41) is 0. The molecule has 1 saturated carbocycles. The summed E-state index contributed by atoms with van der Waals surface area (Å²) in [6, 6.07) is -0.351. The van der Waals surface area contributed by atoms with E-state index in [1.54, 1.807) is 6.92 Å². The lowest BCUT2D eigenvalue weighted by Crippen LogP contribution is -2.72. The molecule has 0 spiro atoms. The van der Waals surface area contributed by atoms with Crippen LogP contribution in [0.3, 0.4) is 0 Å². The second kappa shape index (κ2) is 3.71. The van der Waals surface area contributed by atoms with Crippen LogP contribution in [-0.2, 0) is 4.79 Å². The number of rotatable bonds is 3. The lowest BCUT2D eigenvalue weighted by atomic mass is 10.1. The number of carbonyl (C=O) groups is 2. The quantitative estimate of drug-likeness (QED) is 0.643. The number of nitrogens with zero attached hydrogens (tertiary/aromatic N) is 2. The van der Waals surface area contributed by atoms with Gasteiger partial charge in [-0.25, -0.2) is 4.79 Å². The van der Waals surface area contributed by atoms with Gasteiger partial charge in [-0.1, -0.05) is 0 Å². The number of imide groups is 1. The second-order valence-electron chi connectivity index (χ2n) is 4.64. The highest BCUT2D eigenvalue weighted by atomic mass is 16.2. The predicted octanol–water partition coefficient (Wildman–Crippen LogP) is -0.358. The zero-order valence-electron chi connectivity index (χ0n) is 9.48. The highest BCUT2D eigenvalue weighted by molar-refractivity contribution is 5.97. The number of carbonyl (C=O) groups excluding carboxylic acids is 2. The largest absolute Gasteiger partial charge is 0.329 e. The number of nitrogens with two attached hydrogens (primary N) is 2. The summed E-state index contributed by atoms with van der Waals surface area (Å²) < 4.78 is 0. The van der Waals surface area contributed by atoms with Crippen LogP contribution < -0.4 is 11.5 Å². The van der Waals surface area contributed by atoms with Gasteiger partial charge in [0.1, 0.15) is 0 Å². The number of hydrogen-bond donors (Lipinski definition) is 2. The fourth-order valence-corrected chi connectivity index (χ4v) is 2.03. The summed E-state index contributed by atoms with van der Waals surface area (Å²) in [5.74, 6) is -1.11. The van der Waals surface area contributed by atoms with E-state index in [9.17, 15) is 9.59 Å². The van der Waals surface area contributed by atoms with Crippen molar-refractivity contribution in [2.24, 2.45) is 17.4 Å². The Morgan fingerprint density at radius 2 is 2.00 bits per heavy atom. The number of amides is 3. The Morgan fingerprint density at radius 3 is 2.50 bits per heavy atom. The van der Waals surface area contributed by atoms with E-state index < -0.39 is 5.79 Å². The molecule has 0 atom stereocenters. The highest BCUT2D eigenvalue weighted by Crippen LogP contribution is 2.31. The molecule has 1 saturated heterocycles. The maximum atomic E-state index is 12.0. The molecule has 4 N–H and O–H groups in total. The molecule has 0 aromatic carbocycles. The molecule has 0 radical (unpaired) electrons. The molecule has 2 fully saturated rings. The van der Waals surface area contributed by atoms with E-state index in [2.05, 4.69) is 0 Å². The Balaban J connectivity index is 2.15. The van der Waals surface area contributed by atoms with Gasteiger partial charge in [-0.2, -0.15) is 0 Å². The average molecular weight is 226 g/mol. The fourth-order valence-electron chi connectivity index (χ4n) is 2.03. The van der Waals surface area contributed by atoms with E-state index in [0.29, 0.717) is 19.0 Å². The molecule has 90 valence electrons. The molecule has 2 aliphatic rings. The SMILES string of the molecule is CCN1C(=O)N(CC2CC2)C(=O)CC1(N)N. The van der Waals surface area contributed by atoms with Crippen LogP contribution in [0.2, 0.25) is 0 Å². The standard InChI is InChI=1S/C10H18N4O2/c1-2-14-9(16)13(6-7-3-4-7)8(15)5-10(14,11)12/h7H,2-6,11-12H2,1H3. The van der Waals surface area contributed by atoms with Crippen LogP contribution in [0, 0.1) is 5.92 Å². The van der Waals surface area contributed by atoms with Gasteiger partial charge in [-0.05, 0) is 25.7 Å². The molecule has 0 unspecified atom stereocenters. The molecule has 16 heavy (non-hydrogen) atoms. The van der Waals surface area contributed by atoms with E-state index in [-0.39, 0.29) is 18.4 Å². The summed E-state index contributed by atoms with van der Waals surface area (Å²) in [6.07, 6.45) is 2.19. The lowest BCUT2D eigenvalue weighted by molar-refractivity contribution is -0.135. The maximum absolute atomic E-state index is 12.0. The molecular weight excluding hydrogens is 208 g/mol. The second-order valence-corrected chi connectivity index (χ2v) is 4.64. The minimum absolute atomic E-state index is 0.000694. The van der Waals surface area contributed by atoms with Crippen LogP contribution in [-0.4, -0.2) is 40.6 Å². The normalized spacial score (nSPS) is 25.2. The topological polar surface area (TPSA) is 92.7 Å².